The van der Waals surface area contributed by atoms with Crippen LogP contribution in [0.1, 0.15) is 37.0 Å². The smallest absolute Gasteiger partial charge is 0.407 e. The maximum absolute atomic E-state index is 11.8. The van der Waals surface area contributed by atoms with Gasteiger partial charge in [0.15, 0.2) is 0 Å². The van der Waals surface area contributed by atoms with Crippen LogP contribution in [0.2, 0.25) is 0 Å². The van der Waals surface area contributed by atoms with Crippen LogP contribution >= 0.6 is 0 Å². The number of carbonyl (C=O) groups excluding carboxylic acids is 2. The molecule has 0 atom stereocenters. The summed E-state index contributed by atoms with van der Waals surface area (Å²) >= 11 is 0. The molecule has 6 nitrogen and oxygen atoms in total. The number of ether oxygens (including phenoxy) is 1. The molecule has 0 aliphatic heterocycles. The molecule has 0 saturated carbocycles. The van der Waals surface area contributed by atoms with E-state index in [0.717, 1.165) is 5.69 Å². The lowest BCUT2D eigenvalue weighted by atomic mass is 10.2. The summed E-state index contributed by atoms with van der Waals surface area (Å²) in [6, 6.07) is 5.24. The first kappa shape index (κ1) is 15.9. The van der Waals surface area contributed by atoms with Gasteiger partial charge in [-0.15, -0.1) is 0 Å². The zero-order chi connectivity index (χ0) is 15.2. The molecule has 0 bridgehead atoms. The summed E-state index contributed by atoms with van der Waals surface area (Å²) in [6.07, 6.45) is -0.500. The number of hydrogen-bond donors (Lipinski definition) is 2. The molecule has 1 aromatic heterocycles. The Kier molecular flexibility index (Phi) is 5.49. The molecule has 0 aliphatic rings. The SMILES string of the molecule is Cc1cccc(C(=O)NCCNC(=O)OC(C)(C)C)n1. The van der Waals surface area contributed by atoms with E-state index in [0.29, 0.717) is 18.8 Å². The van der Waals surface area contributed by atoms with Crippen LogP contribution in [0.15, 0.2) is 18.2 Å². The normalized spacial score (nSPS) is 10.8. The van der Waals surface area contributed by atoms with Gasteiger partial charge in [-0.25, -0.2) is 9.78 Å². The average molecular weight is 279 g/mol. The first-order valence-corrected chi connectivity index (χ1v) is 6.46. The average Bonchev–Trinajstić information content (AvgIpc) is 2.32. The summed E-state index contributed by atoms with van der Waals surface area (Å²) in [5.41, 5.74) is 0.616. The molecule has 1 rings (SSSR count). The second kappa shape index (κ2) is 6.88. The van der Waals surface area contributed by atoms with Gasteiger partial charge in [-0.2, -0.15) is 0 Å². The molecule has 1 heterocycles. The van der Waals surface area contributed by atoms with Crippen molar-refractivity contribution in [1.29, 1.82) is 0 Å². The number of pyridine rings is 1. The van der Waals surface area contributed by atoms with Crippen LogP contribution < -0.4 is 10.6 Å². The molecule has 110 valence electrons. The molecule has 20 heavy (non-hydrogen) atoms. The standard InChI is InChI=1S/C14H21N3O3/c1-10-6-5-7-11(17-10)12(18)15-8-9-16-13(19)20-14(2,3)4/h5-7H,8-9H2,1-4H3,(H,15,18)(H,16,19). The summed E-state index contributed by atoms with van der Waals surface area (Å²) in [4.78, 5) is 27.2. The highest BCUT2D eigenvalue weighted by Crippen LogP contribution is 2.06. The fourth-order valence-corrected chi connectivity index (χ4v) is 1.41. The van der Waals surface area contributed by atoms with Gasteiger partial charge in [-0.1, -0.05) is 6.07 Å². The van der Waals surface area contributed by atoms with E-state index in [9.17, 15) is 9.59 Å². The Bertz CT molecular complexity index is 481. The first-order chi connectivity index (χ1) is 9.28. The first-order valence-electron chi connectivity index (χ1n) is 6.46. The summed E-state index contributed by atoms with van der Waals surface area (Å²) < 4.78 is 5.07. The minimum atomic E-state index is -0.529. The second-order valence-corrected chi connectivity index (χ2v) is 5.35. The number of hydrogen-bond acceptors (Lipinski definition) is 4. The molecule has 0 unspecified atom stereocenters. The number of aromatic nitrogens is 1. The van der Waals surface area contributed by atoms with Crippen molar-refractivity contribution >= 4 is 12.0 Å². The topological polar surface area (TPSA) is 80.3 Å². The summed E-state index contributed by atoms with van der Waals surface area (Å²) in [7, 11) is 0. The number of aryl methyl sites for hydroxylation is 1. The van der Waals surface area contributed by atoms with Gasteiger partial charge < -0.3 is 15.4 Å². The maximum atomic E-state index is 11.8. The molecule has 6 heteroatoms. The Balaban J connectivity index is 2.28. The quantitative estimate of drug-likeness (QED) is 0.821. The third-order valence-electron chi connectivity index (χ3n) is 2.20. The van der Waals surface area contributed by atoms with E-state index in [-0.39, 0.29) is 5.91 Å². The van der Waals surface area contributed by atoms with E-state index in [4.69, 9.17) is 4.74 Å². The van der Waals surface area contributed by atoms with Gasteiger partial charge in [-0.3, -0.25) is 4.79 Å². The van der Waals surface area contributed by atoms with Crippen LogP contribution in [0.3, 0.4) is 0 Å². The Morgan fingerprint density at radius 3 is 2.45 bits per heavy atom. The Labute approximate surface area is 118 Å². The summed E-state index contributed by atoms with van der Waals surface area (Å²) in [5.74, 6) is -0.264. The van der Waals surface area contributed by atoms with Gasteiger partial charge >= 0.3 is 6.09 Å². The highest BCUT2D eigenvalue weighted by Gasteiger charge is 2.15. The van der Waals surface area contributed by atoms with Crippen molar-refractivity contribution in [2.45, 2.75) is 33.3 Å². The van der Waals surface area contributed by atoms with Gasteiger partial charge in [0.25, 0.3) is 5.91 Å². The van der Waals surface area contributed by atoms with Crippen LogP contribution in [0.25, 0.3) is 0 Å². The van der Waals surface area contributed by atoms with Crippen molar-refractivity contribution in [1.82, 2.24) is 15.6 Å². The molecule has 0 spiro atoms. The third-order valence-corrected chi connectivity index (χ3v) is 2.20. The third kappa shape index (κ3) is 6.17. The predicted octanol–water partition coefficient (Wildman–Crippen LogP) is 1.64. The van der Waals surface area contributed by atoms with Gasteiger partial charge in [0.2, 0.25) is 0 Å². The van der Waals surface area contributed by atoms with Crippen molar-refractivity contribution in [3.63, 3.8) is 0 Å². The van der Waals surface area contributed by atoms with E-state index < -0.39 is 11.7 Å². The van der Waals surface area contributed by atoms with Crippen molar-refractivity contribution < 1.29 is 14.3 Å². The number of nitrogens with zero attached hydrogens (tertiary/aromatic N) is 1. The molecular formula is C14H21N3O3. The monoisotopic (exact) mass is 279 g/mol. The zero-order valence-electron chi connectivity index (χ0n) is 12.3. The van der Waals surface area contributed by atoms with E-state index in [1.807, 2.05) is 13.0 Å². The van der Waals surface area contributed by atoms with E-state index >= 15 is 0 Å². The van der Waals surface area contributed by atoms with Crippen molar-refractivity contribution in [3.8, 4) is 0 Å². The Hall–Kier alpha value is -2.11. The molecule has 2 amide bonds. The molecule has 2 N–H and O–H groups in total. The zero-order valence-corrected chi connectivity index (χ0v) is 12.3. The van der Waals surface area contributed by atoms with Crippen LogP contribution in [0, 0.1) is 6.92 Å². The maximum Gasteiger partial charge on any atom is 0.407 e. The molecule has 0 aliphatic carbocycles. The molecular weight excluding hydrogens is 258 g/mol. The lowest BCUT2D eigenvalue weighted by Gasteiger charge is -2.19. The molecule has 1 aromatic rings. The van der Waals surface area contributed by atoms with Gasteiger partial charge in [0.1, 0.15) is 11.3 Å². The number of carbonyl (C=O) groups is 2. The molecule has 0 fully saturated rings. The number of amides is 2. The van der Waals surface area contributed by atoms with E-state index in [1.54, 1.807) is 32.9 Å². The van der Waals surface area contributed by atoms with E-state index in [1.165, 1.54) is 0 Å². The highest BCUT2D eigenvalue weighted by atomic mass is 16.6. The largest absolute Gasteiger partial charge is 0.444 e. The van der Waals surface area contributed by atoms with Crippen LogP contribution in [-0.4, -0.2) is 35.7 Å². The lowest BCUT2D eigenvalue weighted by Crippen LogP contribution is -2.38. The lowest BCUT2D eigenvalue weighted by molar-refractivity contribution is 0.0526. The minimum absolute atomic E-state index is 0.264. The van der Waals surface area contributed by atoms with Crippen LogP contribution in [-0.2, 0) is 4.74 Å². The molecule has 0 radical (unpaired) electrons. The van der Waals surface area contributed by atoms with Crippen molar-refractivity contribution in [2.75, 3.05) is 13.1 Å². The van der Waals surface area contributed by atoms with Crippen molar-refractivity contribution in [2.24, 2.45) is 0 Å². The second-order valence-electron chi connectivity index (χ2n) is 5.35. The number of rotatable bonds is 4. The van der Waals surface area contributed by atoms with Gasteiger partial charge in [-0.05, 0) is 39.8 Å². The van der Waals surface area contributed by atoms with Gasteiger partial charge in [0, 0.05) is 18.8 Å². The molecule has 0 saturated heterocycles. The van der Waals surface area contributed by atoms with Gasteiger partial charge in [0.05, 0.1) is 0 Å². The molecule has 0 aromatic carbocycles. The van der Waals surface area contributed by atoms with E-state index in [2.05, 4.69) is 15.6 Å². The number of alkyl carbamates (subject to hydrolysis) is 1. The summed E-state index contributed by atoms with van der Waals surface area (Å²) in [6.45, 7) is 7.80. The van der Waals surface area contributed by atoms with Crippen LogP contribution in [0.5, 0.6) is 0 Å². The predicted molar refractivity (Wildman–Crippen MR) is 75.5 cm³/mol. The van der Waals surface area contributed by atoms with Crippen molar-refractivity contribution in [3.05, 3.63) is 29.6 Å². The fraction of sp³-hybridized carbons (Fsp3) is 0.500. The Morgan fingerprint density at radius 1 is 1.20 bits per heavy atom. The minimum Gasteiger partial charge on any atom is -0.444 e. The number of nitrogens with one attached hydrogen (secondary N) is 2. The van der Waals surface area contributed by atoms with Crippen LogP contribution in [0.4, 0.5) is 4.79 Å². The Morgan fingerprint density at radius 2 is 1.85 bits per heavy atom. The summed E-state index contributed by atoms with van der Waals surface area (Å²) in [5, 5.41) is 5.23. The fourth-order valence-electron chi connectivity index (χ4n) is 1.41. The highest BCUT2D eigenvalue weighted by molar-refractivity contribution is 5.92.